The molecule has 2 amide bonds. The van der Waals surface area contributed by atoms with E-state index in [4.69, 9.17) is 0 Å². The van der Waals surface area contributed by atoms with Crippen LogP contribution in [-0.2, 0) is 26.2 Å². The second-order valence-corrected chi connectivity index (χ2v) is 12.2. The fraction of sp³-hybridized carbons (Fsp3) is 0.355. The molecule has 3 aromatic carbocycles. The summed E-state index contributed by atoms with van der Waals surface area (Å²) in [6.07, 6.45) is 0.305. The molecule has 0 aromatic heterocycles. The van der Waals surface area contributed by atoms with Gasteiger partial charge in [0.1, 0.15) is 18.4 Å². The number of anilines is 1. The van der Waals surface area contributed by atoms with E-state index in [0.717, 1.165) is 15.4 Å². The molecule has 0 aliphatic carbocycles. The van der Waals surface area contributed by atoms with Crippen LogP contribution in [0, 0.1) is 26.6 Å². The van der Waals surface area contributed by atoms with Gasteiger partial charge >= 0.3 is 0 Å². The highest BCUT2D eigenvalue weighted by atomic mass is 32.2. The summed E-state index contributed by atoms with van der Waals surface area (Å²) in [5.74, 6) is -1.31. The van der Waals surface area contributed by atoms with Crippen LogP contribution >= 0.6 is 0 Å². The molecular formula is C31H38FN3O4S. The molecule has 0 saturated heterocycles. The number of carbonyl (C=O) groups is 2. The number of sulfonamides is 1. The Kier molecular flexibility index (Phi) is 10.1. The number of halogens is 1. The summed E-state index contributed by atoms with van der Waals surface area (Å²) in [4.78, 5) is 28.7. The largest absolute Gasteiger partial charge is 0.352 e. The third-order valence-corrected chi connectivity index (χ3v) is 8.37. The summed E-state index contributed by atoms with van der Waals surface area (Å²) in [5.41, 5.74) is 3.54. The van der Waals surface area contributed by atoms with Crippen LogP contribution in [0.3, 0.4) is 0 Å². The molecule has 40 heavy (non-hydrogen) atoms. The van der Waals surface area contributed by atoms with Gasteiger partial charge in [-0.15, -0.1) is 0 Å². The van der Waals surface area contributed by atoms with Gasteiger partial charge in [-0.2, -0.15) is 0 Å². The van der Waals surface area contributed by atoms with Gasteiger partial charge in [-0.25, -0.2) is 12.8 Å². The fourth-order valence-corrected chi connectivity index (χ4v) is 6.00. The van der Waals surface area contributed by atoms with Gasteiger partial charge < -0.3 is 10.2 Å². The summed E-state index contributed by atoms with van der Waals surface area (Å²) in [6, 6.07) is 16.5. The summed E-state index contributed by atoms with van der Waals surface area (Å²) >= 11 is 0. The lowest BCUT2D eigenvalue weighted by Gasteiger charge is -2.34. The lowest BCUT2D eigenvalue weighted by molar-refractivity contribution is -0.140. The first-order valence-corrected chi connectivity index (χ1v) is 14.8. The summed E-state index contributed by atoms with van der Waals surface area (Å²) in [5, 5.41) is 2.86. The van der Waals surface area contributed by atoms with Crippen molar-refractivity contribution in [2.24, 2.45) is 0 Å². The SMILES string of the molecule is CC[C@H](C(=O)NC(C)C)N(Cc1ccc(F)cc1)C(=O)CN(c1ccc(C)cc1C)S(=O)(=O)c1ccc(C)cc1. The molecule has 0 aliphatic heterocycles. The van der Waals surface area contributed by atoms with E-state index in [2.05, 4.69) is 5.32 Å². The highest BCUT2D eigenvalue weighted by Crippen LogP contribution is 2.28. The van der Waals surface area contributed by atoms with Crippen molar-refractivity contribution in [2.45, 2.75) is 71.5 Å². The van der Waals surface area contributed by atoms with Crippen molar-refractivity contribution in [3.63, 3.8) is 0 Å². The van der Waals surface area contributed by atoms with E-state index in [9.17, 15) is 22.4 Å². The summed E-state index contributed by atoms with van der Waals surface area (Å²) in [7, 11) is -4.15. The Hall–Kier alpha value is -3.72. The number of carbonyl (C=O) groups excluding carboxylic acids is 2. The zero-order valence-corrected chi connectivity index (χ0v) is 24.8. The second-order valence-electron chi connectivity index (χ2n) is 10.4. The number of amides is 2. The Morgan fingerprint density at radius 3 is 2.05 bits per heavy atom. The van der Waals surface area contributed by atoms with E-state index < -0.39 is 34.3 Å². The minimum atomic E-state index is -4.15. The second kappa shape index (κ2) is 13.1. The Bertz CT molecular complexity index is 1440. The molecule has 7 nitrogen and oxygen atoms in total. The average molecular weight is 568 g/mol. The van der Waals surface area contributed by atoms with Gasteiger partial charge in [0.15, 0.2) is 0 Å². The number of rotatable bonds is 11. The molecule has 214 valence electrons. The van der Waals surface area contributed by atoms with Crippen LogP contribution in [0.2, 0.25) is 0 Å². The predicted molar refractivity (Wildman–Crippen MR) is 156 cm³/mol. The number of nitrogens with zero attached hydrogens (tertiary/aromatic N) is 2. The molecule has 0 radical (unpaired) electrons. The molecule has 1 atom stereocenters. The number of aryl methyl sites for hydroxylation is 3. The van der Waals surface area contributed by atoms with E-state index in [1.54, 1.807) is 50.2 Å². The zero-order valence-electron chi connectivity index (χ0n) is 23.9. The van der Waals surface area contributed by atoms with E-state index in [0.29, 0.717) is 23.2 Å². The van der Waals surface area contributed by atoms with Crippen LogP contribution in [0.1, 0.15) is 49.4 Å². The van der Waals surface area contributed by atoms with Gasteiger partial charge in [-0.1, -0.05) is 54.4 Å². The monoisotopic (exact) mass is 567 g/mol. The van der Waals surface area contributed by atoms with E-state index in [1.807, 2.05) is 33.8 Å². The molecule has 3 aromatic rings. The van der Waals surface area contributed by atoms with Crippen molar-refractivity contribution in [2.75, 3.05) is 10.8 Å². The molecule has 0 aliphatic rings. The predicted octanol–water partition coefficient (Wildman–Crippen LogP) is 5.28. The smallest absolute Gasteiger partial charge is 0.264 e. The van der Waals surface area contributed by atoms with Gasteiger partial charge in [0, 0.05) is 12.6 Å². The minimum Gasteiger partial charge on any atom is -0.352 e. The number of nitrogens with one attached hydrogen (secondary N) is 1. The number of hydrogen-bond donors (Lipinski definition) is 1. The van der Waals surface area contributed by atoms with Crippen molar-refractivity contribution >= 4 is 27.5 Å². The molecule has 0 spiro atoms. The molecule has 0 fully saturated rings. The number of hydrogen-bond acceptors (Lipinski definition) is 4. The average Bonchev–Trinajstić information content (AvgIpc) is 2.88. The summed E-state index contributed by atoms with van der Waals surface area (Å²) in [6.45, 7) is 10.5. The Morgan fingerprint density at radius 2 is 1.50 bits per heavy atom. The maximum atomic E-state index is 14.1. The number of benzene rings is 3. The highest BCUT2D eigenvalue weighted by molar-refractivity contribution is 7.92. The molecular weight excluding hydrogens is 529 g/mol. The standard InChI is InChI=1S/C31H38FN3O4S/c1-7-28(31(37)33-21(2)3)34(19-25-11-13-26(32)14-12-25)30(36)20-35(29-17-10-23(5)18-24(29)6)40(38,39)27-15-8-22(4)9-16-27/h8-18,21,28H,7,19-20H2,1-6H3,(H,33,37)/t28-/m1/s1. The zero-order chi connectivity index (χ0) is 29.6. The maximum Gasteiger partial charge on any atom is 0.264 e. The van der Waals surface area contributed by atoms with Gasteiger partial charge in [0.25, 0.3) is 10.0 Å². The van der Waals surface area contributed by atoms with Gasteiger partial charge in [0.2, 0.25) is 11.8 Å². The molecule has 0 saturated carbocycles. The Morgan fingerprint density at radius 1 is 0.900 bits per heavy atom. The Balaban J connectivity index is 2.09. The lowest BCUT2D eigenvalue weighted by atomic mass is 10.1. The van der Waals surface area contributed by atoms with Gasteiger partial charge in [-0.3, -0.25) is 13.9 Å². The van der Waals surface area contributed by atoms with Crippen LogP contribution < -0.4 is 9.62 Å². The van der Waals surface area contributed by atoms with Gasteiger partial charge in [0.05, 0.1) is 10.6 Å². The van der Waals surface area contributed by atoms with Crippen molar-refractivity contribution in [3.05, 3.63) is 94.8 Å². The van der Waals surface area contributed by atoms with Crippen molar-refractivity contribution in [3.8, 4) is 0 Å². The van der Waals surface area contributed by atoms with Crippen molar-refractivity contribution in [1.29, 1.82) is 0 Å². The lowest BCUT2D eigenvalue weighted by Crippen LogP contribution is -2.53. The van der Waals surface area contributed by atoms with Crippen LogP contribution in [0.25, 0.3) is 0 Å². The third-order valence-electron chi connectivity index (χ3n) is 6.59. The maximum absolute atomic E-state index is 14.1. The third kappa shape index (κ3) is 7.47. The fourth-order valence-electron chi connectivity index (χ4n) is 4.52. The Labute approximate surface area is 237 Å². The van der Waals surface area contributed by atoms with Crippen LogP contribution in [-0.4, -0.2) is 43.8 Å². The molecule has 0 heterocycles. The normalized spacial score (nSPS) is 12.2. The topological polar surface area (TPSA) is 86.8 Å². The first kappa shape index (κ1) is 30.8. The van der Waals surface area contributed by atoms with Gasteiger partial charge in [-0.05, 0) is 82.5 Å². The first-order chi connectivity index (χ1) is 18.8. The molecule has 0 bridgehead atoms. The van der Waals surface area contributed by atoms with E-state index in [1.165, 1.54) is 29.2 Å². The molecule has 9 heteroatoms. The van der Waals surface area contributed by atoms with Crippen LogP contribution in [0.4, 0.5) is 10.1 Å². The highest BCUT2D eigenvalue weighted by Gasteiger charge is 2.34. The van der Waals surface area contributed by atoms with E-state index >= 15 is 0 Å². The van der Waals surface area contributed by atoms with E-state index in [-0.39, 0.29) is 23.4 Å². The minimum absolute atomic E-state index is 0.00837. The quantitative estimate of drug-likeness (QED) is 0.342. The van der Waals surface area contributed by atoms with Crippen LogP contribution in [0.15, 0.2) is 71.6 Å². The van der Waals surface area contributed by atoms with Crippen molar-refractivity contribution in [1.82, 2.24) is 10.2 Å². The summed E-state index contributed by atoms with van der Waals surface area (Å²) < 4.78 is 42.7. The molecule has 3 rings (SSSR count). The molecule has 0 unspecified atom stereocenters. The molecule has 1 N–H and O–H groups in total. The van der Waals surface area contributed by atoms with Crippen LogP contribution in [0.5, 0.6) is 0 Å². The first-order valence-electron chi connectivity index (χ1n) is 13.3. The van der Waals surface area contributed by atoms with Crippen molar-refractivity contribution < 1.29 is 22.4 Å².